The molecule has 5 rings (SSSR count). The highest BCUT2D eigenvalue weighted by Crippen LogP contribution is 2.37. The number of carbonyl (C=O) groups excluding carboxylic acids is 2. The van der Waals surface area contributed by atoms with Gasteiger partial charge < -0.3 is 19.9 Å². The molecule has 1 aromatic heterocycles. The Morgan fingerprint density at radius 2 is 1.69 bits per heavy atom. The van der Waals surface area contributed by atoms with Crippen molar-refractivity contribution in [1.82, 2.24) is 15.2 Å². The van der Waals surface area contributed by atoms with Crippen molar-refractivity contribution in [3.05, 3.63) is 74.0 Å². The zero-order valence-corrected chi connectivity index (χ0v) is 22.5. The predicted octanol–water partition coefficient (Wildman–Crippen LogP) is 5.41. The molecule has 0 radical (unpaired) electrons. The number of benzene rings is 2. The van der Waals surface area contributed by atoms with Crippen LogP contribution in [0, 0.1) is 17.6 Å². The average Bonchev–Trinajstić information content (AvgIpc) is 3.76. The summed E-state index contributed by atoms with van der Waals surface area (Å²) in [7, 11) is 0. The minimum Gasteiger partial charge on any atom is -0.484 e. The molecule has 0 saturated heterocycles. The molecule has 0 bridgehead atoms. The Morgan fingerprint density at radius 1 is 0.974 bits per heavy atom. The van der Waals surface area contributed by atoms with Gasteiger partial charge in [-0.15, -0.1) is 0 Å². The molecule has 3 aromatic rings. The highest BCUT2D eigenvalue weighted by atomic mass is 35.5. The maximum absolute atomic E-state index is 14.1. The van der Waals surface area contributed by atoms with Gasteiger partial charge in [0, 0.05) is 36.3 Å². The van der Waals surface area contributed by atoms with Crippen molar-refractivity contribution >= 4 is 45.9 Å². The van der Waals surface area contributed by atoms with Crippen molar-refractivity contribution < 1.29 is 23.1 Å². The van der Waals surface area contributed by atoms with Crippen molar-refractivity contribution in [3.63, 3.8) is 0 Å². The van der Waals surface area contributed by atoms with E-state index in [9.17, 15) is 23.2 Å². The molecule has 2 fully saturated rings. The van der Waals surface area contributed by atoms with Crippen LogP contribution in [0.2, 0.25) is 10.0 Å². The second-order valence-electron chi connectivity index (χ2n) is 10.2. The van der Waals surface area contributed by atoms with Gasteiger partial charge in [-0.3, -0.25) is 14.4 Å². The lowest BCUT2D eigenvalue weighted by Gasteiger charge is -2.29. The number of ether oxygens (including phenoxy) is 1. The maximum atomic E-state index is 14.1. The van der Waals surface area contributed by atoms with E-state index in [4.69, 9.17) is 27.9 Å². The first-order chi connectivity index (χ1) is 18.7. The molecule has 0 spiro atoms. The molecule has 0 aliphatic heterocycles. The van der Waals surface area contributed by atoms with Gasteiger partial charge in [0.1, 0.15) is 22.9 Å². The monoisotopic (exact) mass is 577 g/mol. The van der Waals surface area contributed by atoms with E-state index in [1.54, 1.807) is 6.20 Å². The molecule has 0 atom stereocenters. The van der Waals surface area contributed by atoms with Crippen molar-refractivity contribution in [3.8, 4) is 5.75 Å². The van der Waals surface area contributed by atoms with Crippen LogP contribution in [0.5, 0.6) is 5.75 Å². The summed E-state index contributed by atoms with van der Waals surface area (Å²) >= 11 is 11.6. The maximum Gasteiger partial charge on any atom is 0.257 e. The van der Waals surface area contributed by atoms with E-state index in [1.807, 2.05) is 4.57 Å². The number of halogens is 4. The highest BCUT2D eigenvalue weighted by molar-refractivity contribution is 6.31. The van der Waals surface area contributed by atoms with Crippen molar-refractivity contribution in [1.29, 1.82) is 0 Å². The smallest absolute Gasteiger partial charge is 0.257 e. The summed E-state index contributed by atoms with van der Waals surface area (Å²) < 4.78 is 34.8. The Kier molecular flexibility index (Phi) is 8.09. The van der Waals surface area contributed by atoms with Crippen molar-refractivity contribution in [2.45, 2.75) is 50.6 Å². The number of carbonyl (C=O) groups is 2. The molecule has 7 nitrogen and oxygen atoms in total. The molecule has 206 valence electrons. The van der Waals surface area contributed by atoms with Gasteiger partial charge in [-0.25, -0.2) is 8.78 Å². The fourth-order valence-corrected chi connectivity index (χ4v) is 5.23. The Labute approximate surface area is 233 Å². The molecular formula is C28H27Cl2F2N3O4. The molecule has 2 aromatic carbocycles. The fraction of sp³-hybridized carbons (Fsp3) is 0.393. The molecule has 2 amide bonds. The number of hydrogen-bond donors (Lipinski definition) is 2. The molecule has 2 aliphatic carbocycles. The van der Waals surface area contributed by atoms with Crippen LogP contribution in [0.25, 0.3) is 10.9 Å². The number of nitrogens with zero attached hydrogens (tertiary/aromatic N) is 1. The molecule has 39 heavy (non-hydrogen) atoms. The summed E-state index contributed by atoms with van der Waals surface area (Å²) in [6, 6.07) is 6.56. The van der Waals surface area contributed by atoms with Gasteiger partial charge in [0.25, 0.3) is 11.8 Å². The van der Waals surface area contributed by atoms with Gasteiger partial charge in [-0.1, -0.05) is 23.2 Å². The van der Waals surface area contributed by atoms with Crippen LogP contribution in [-0.2, 0) is 4.79 Å². The first kappa shape index (κ1) is 27.4. The van der Waals surface area contributed by atoms with E-state index >= 15 is 0 Å². The average molecular weight is 578 g/mol. The number of hydrogen-bond acceptors (Lipinski definition) is 4. The Morgan fingerprint density at radius 3 is 2.38 bits per heavy atom. The summed E-state index contributed by atoms with van der Waals surface area (Å²) in [6.45, 7) is 0.218. The Bertz CT molecular complexity index is 1480. The normalized spacial score (nSPS) is 19.1. The third-order valence-corrected chi connectivity index (χ3v) is 7.89. The van der Waals surface area contributed by atoms with Crippen LogP contribution >= 0.6 is 23.2 Å². The summed E-state index contributed by atoms with van der Waals surface area (Å²) in [6.07, 6.45) is 6.35. The van der Waals surface area contributed by atoms with Crippen LogP contribution < -0.4 is 20.8 Å². The molecule has 2 N–H and O–H groups in total. The van der Waals surface area contributed by atoms with Crippen molar-refractivity contribution in [2.24, 2.45) is 5.92 Å². The second-order valence-corrected chi connectivity index (χ2v) is 11.0. The van der Waals surface area contributed by atoms with Gasteiger partial charge in [0.05, 0.1) is 15.6 Å². The minimum atomic E-state index is -0.697. The lowest BCUT2D eigenvalue weighted by molar-refractivity contribution is -0.123. The largest absolute Gasteiger partial charge is 0.484 e. The van der Waals surface area contributed by atoms with E-state index in [0.717, 1.165) is 37.8 Å². The van der Waals surface area contributed by atoms with Gasteiger partial charge in [0.2, 0.25) is 5.43 Å². The molecule has 11 heteroatoms. The Hall–Kier alpha value is -3.17. The fourth-order valence-electron chi connectivity index (χ4n) is 4.96. The number of pyridine rings is 1. The molecular weight excluding hydrogens is 551 g/mol. The zero-order valence-electron chi connectivity index (χ0n) is 20.9. The molecule has 1 heterocycles. The first-order valence-corrected chi connectivity index (χ1v) is 13.6. The van der Waals surface area contributed by atoms with Gasteiger partial charge >= 0.3 is 0 Å². The van der Waals surface area contributed by atoms with Crippen LogP contribution in [0.4, 0.5) is 8.78 Å². The summed E-state index contributed by atoms with van der Waals surface area (Å²) in [5.74, 6) is -1.66. The molecule has 2 saturated carbocycles. The van der Waals surface area contributed by atoms with Crippen LogP contribution in [0.3, 0.4) is 0 Å². The van der Waals surface area contributed by atoms with Crippen LogP contribution in [-0.4, -0.2) is 35.6 Å². The number of aromatic nitrogens is 1. The number of nitrogens with one attached hydrogen (secondary N) is 2. The topological polar surface area (TPSA) is 89.4 Å². The third-order valence-electron chi connectivity index (χ3n) is 7.29. The number of rotatable bonds is 8. The summed E-state index contributed by atoms with van der Waals surface area (Å²) in [4.78, 5) is 38.3. The second kappa shape index (κ2) is 11.5. The van der Waals surface area contributed by atoms with Crippen LogP contribution in [0.1, 0.15) is 54.9 Å². The van der Waals surface area contributed by atoms with E-state index < -0.39 is 23.0 Å². The van der Waals surface area contributed by atoms with Gasteiger partial charge in [-0.05, 0) is 68.7 Å². The number of fused-ring (bicyclic) bond motifs is 1. The summed E-state index contributed by atoms with van der Waals surface area (Å²) in [5.41, 5.74) is -0.000245. The lowest BCUT2D eigenvalue weighted by atomic mass is 9.86. The minimum absolute atomic E-state index is 0.00826. The SMILES string of the molecule is O=C(COc1ccc(Cl)c(F)c1)NCC1CCC(NC(=O)c2cn(C3CC3)c3cc(Cl)c(F)cc3c2=O)CC1. The summed E-state index contributed by atoms with van der Waals surface area (Å²) in [5, 5.41) is 5.85. The highest BCUT2D eigenvalue weighted by Gasteiger charge is 2.29. The van der Waals surface area contributed by atoms with Gasteiger partial charge in [-0.2, -0.15) is 0 Å². The van der Waals surface area contributed by atoms with Gasteiger partial charge in [0.15, 0.2) is 6.61 Å². The predicted molar refractivity (Wildman–Crippen MR) is 145 cm³/mol. The van der Waals surface area contributed by atoms with Crippen LogP contribution in [0.15, 0.2) is 41.3 Å². The quantitative estimate of drug-likeness (QED) is 0.375. The Balaban J connectivity index is 1.13. The van der Waals surface area contributed by atoms with E-state index in [-0.39, 0.29) is 57.3 Å². The van der Waals surface area contributed by atoms with E-state index in [2.05, 4.69) is 10.6 Å². The third kappa shape index (κ3) is 6.36. The van der Waals surface area contributed by atoms with Crippen molar-refractivity contribution in [2.75, 3.05) is 13.2 Å². The standard InChI is InChI=1S/C28H27Cl2F2N3O4/c29-21-8-7-18(9-23(21)31)39-14-26(36)33-12-15-1-3-16(4-2-15)34-28(38)20-13-35(17-5-6-17)25-11-22(30)24(32)10-19(25)27(20)37/h7-11,13,15-17H,1-6,12,14H2,(H,33,36)(H,34,38). The molecule has 2 aliphatic rings. The lowest BCUT2D eigenvalue weighted by Crippen LogP contribution is -2.41. The molecule has 0 unspecified atom stereocenters. The first-order valence-electron chi connectivity index (χ1n) is 12.9. The number of amides is 2. The van der Waals surface area contributed by atoms with E-state index in [0.29, 0.717) is 24.9 Å². The zero-order chi connectivity index (χ0) is 27.7. The van der Waals surface area contributed by atoms with E-state index in [1.165, 1.54) is 18.2 Å².